The van der Waals surface area contributed by atoms with Crippen LogP contribution in [0.25, 0.3) is 0 Å². The number of hydrogen-bond acceptors (Lipinski definition) is 4. The summed E-state index contributed by atoms with van der Waals surface area (Å²) < 4.78 is 4.88. The maximum Gasteiger partial charge on any atom is 0.248 e. The topological polar surface area (TPSA) is 55.3 Å². The summed E-state index contributed by atoms with van der Waals surface area (Å²) in [5.74, 6) is 0.183. The molecule has 1 atom stereocenters. The highest BCUT2D eigenvalue weighted by atomic mass is 35.5. The number of carbonyl (C=O) groups is 1. The first-order valence-electron chi connectivity index (χ1n) is 5.95. The molecule has 1 fully saturated rings. The molecule has 6 heteroatoms. The second kappa shape index (κ2) is 6.11. The van der Waals surface area contributed by atoms with Crippen molar-refractivity contribution in [3.63, 3.8) is 0 Å². The molecule has 0 saturated carbocycles. The minimum absolute atomic E-state index is 0.0159. The second-order valence-electron chi connectivity index (χ2n) is 4.34. The van der Waals surface area contributed by atoms with Crippen molar-refractivity contribution in [1.82, 2.24) is 14.9 Å². The third-order valence-corrected chi connectivity index (χ3v) is 3.40. The molecule has 0 aliphatic carbocycles. The predicted octanol–water partition coefficient (Wildman–Crippen LogP) is 1.48. The van der Waals surface area contributed by atoms with Gasteiger partial charge in [-0.3, -0.25) is 9.78 Å². The number of likely N-dealkylation sites (tertiary alicyclic amines) is 1. The number of ether oxygens (including phenoxy) is 1. The summed E-state index contributed by atoms with van der Waals surface area (Å²) in [5, 5.41) is 0.434. The van der Waals surface area contributed by atoms with E-state index in [1.54, 1.807) is 12.4 Å². The molecule has 2 rings (SSSR count). The standard InChI is InChI=1S/C12H16ClN3O2/c1-18-8-10(17)16-6-2-3-9(7-16)11-12(13)15-5-4-14-11/h4-5,9H,2-3,6-8H2,1H3/t9-/m1/s1. The summed E-state index contributed by atoms with van der Waals surface area (Å²) in [6, 6.07) is 0. The van der Waals surface area contributed by atoms with E-state index in [2.05, 4.69) is 9.97 Å². The largest absolute Gasteiger partial charge is 0.375 e. The minimum Gasteiger partial charge on any atom is -0.375 e. The van der Waals surface area contributed by atoms with E-state index >= 15 is 0 Å². The lowest BCUT2D eigenvalue weighted by molar-refractivity contribution is -0.136. The number of rotatable bonds is 3. The number of aromatic nitrogens is 2. The summed E-state index contributed by atoms with van der Waals surface area (Å²) in [4.78, 5) is 21.9. The highest BCUT2D eigenvalue weighted by molar-refractivity contribution is 6.30. The maximum atomic E-state index is 11.8. The van der Waals surface area contributed by atoms with Gasteiger partial charge in [-0.1, -0.05) is 11.6 Å². The fourth-order valence-corrected chi connectivity index (χ4v) is 2.51. The molecular weight excluding hydrogens is 254 g/mol. The zero-order valence-electron chi connectivity index (χ0n) is 10.3. The van der Waals surface area contributed by atoms with Gasteiger partial charge in [0.25, 0.3) is 0 Å². The highest BCUT2D eigenvalue weighted by Gasteiger charge is 2.26. The van der Waals surface area contributed by atoms with Crippen LogP contribution >= 0.6 is 11.6 Å². The van der Waals surface area contributed by atoms with Crippen LogP contribution in [0.3, 0.4) is 0 Å². The quantitative estimate of drug-likeness (QED) is 0.834. The van der Waals surface area contributed by atoms with Gasteiger partial charge >= 0.3 is 0 Å². The third kappa shape index (κ3) is 2.97. The molecule has 0 aromatic carbocycles. The van der Waals surface area contributed by atoms with Crippen molar-refractivity contribution in [1.29, 1.82) is 0 Å². The van der Waals surface area contributed by atoms with Gasteiger partial charge in [-0.15, -0.1) is 0 Å². The van der Waals surface area contributed by atoms with E-state index in [4.69, 9.17) is 16.3 Å². The average molecular weight is 270 g/mol. The molecule has 0 N–H and O–H groups in total. The Labute approximate surface area is 111 Å². The Morgan fingerprint density at radius 1 is 1.56 bits per heavy atom. The lowest BCUT2D eigenvalue weighted by atomic mass is 9.95. The van der Waals surface area contributed by atoms with Gasteiger partial charge in [0.1, 0.15) is 6.61 Å². The number of amides is 1. The Kier molecular flexibility index (Phi) is 4.49. The van der Waals surface area contributed by atoms with Crippen LogP contribution < -0.4 is 0 Å². The van der Waals surface area contributed by atoms with Crippen LogP contribution in [-0.2, 0) is 9.53 Å². The minimum atomic E-state index is 0.0159. The smallest absolute Gasteiger partial charge is 0.248 e. The first-order chi connectivity index (χ1) is 8.72. The van der Waals surface area contributed by atoms with Crippen LogP contribution in [0.15, 0.2) is 12.4 Å². The Bertz CT molecular complexity index is 428. The van der Waals surface area contributed by atoms with E-state index < -0.39 is 0 Å². The molecule has 0 radical (unpaired) electrons. The van der Waals surface area contributed by atoms with Crippen LogP contribution in [0, 0.1) is 0 Å². The highest BCUT2D eigenvalue weighted by Crippen LogP contribution is 2.28. The molecule has 5 nitrogen and oxygen atoms in total. The number of nitrogens with zero attached hydrogens (tertiary/aromatic N) is 3. The van der Waals surface area contributed by atoms with Crippen molar-refractivity contribution >= 4 is 17.5 Å². The Morgan fingerprint density at radius 3 is 3.06 bits per heavy atom. The number of hydrogen-bond donors (Lipinski definition) is 0. The summed E-state index contributed by atoms with van der Waals surface area (Å²) in [5.41, 5.74) is 0.786. The van der Waals surface area contributed by atoms with E-state index in [1.165, 1.54) is 7.11 Å². The van der Waals surface area contributed by atoms with Crippen molar-refractivity contribution in [3.05, 3.63) is 23.2 Å². The fraction of sp³-hybridized carbons (Fsp3) is 0.583. The first-order valence-corrected chi connectivity index (χ1v) is 6.33. The van der Waals surface area contributed by atoms with Gasteiger partial charge in [-0.25, -0.2) is 4.98 Å². The zero-order valence-corrected chi connectivity index (χ0v) is 11.1. The van der Waals surface area contributed by atoms with E-state index in [-0.39, 0.29) is 18.4 Å². The van der Waals surface area contributed by atoms with Gasteiger partial charge in [0.05, 0.1) is 5.69 Å². The van der Waals surface area contributed by atoms with Crippen LogP contribution in [0.4, 0.5) is 0 Å². The van der Waals surface area contributed by atoms with Crippen molar-refractivity contribution in [2.45, 2.75) is 18.8 Å². The molecule has 0 bridgehead atoms. The molecule has 1 saturated heterocycles. The fourth-order valence-electron chi connectivity index (χ4n) is 2.25. The van der Waals surface area contributed by atoms with Gasteiger partial charge in [0, 0.05) is 38.5 Å². The lowest BCUT2D eigenvalue weighted by Crippen LogP contribution is -2.41. The molecule has 1 aromatic rings. The summed E-state index contributed by atoms with van der Waals surface area (Å²) >= 11 is 6.04. The molecule has 1 aliphatic rings. The summed E-state index contributed by atoms with van der Waals surface area (Å²) in [7, 11) is 1.53. The second-order valence-corrected chi connectivity index (χ2v) is 4.70. The average Bonchev–Trinajstić information content (AvgIpc) is 2.40. The van der Waals surface area contributed by atoms with Gasteiger partial charge < -0.3 is 9.64 Å². The third-order valence-electron chi connectivity index (χ3n) is 3.11. The first kappa shape index (κ1) is 13.2. The molecule has 1 aliphatic heterocycles. The molecule has 0 spiro atoms. The van der Waals surface area contributed by atoms with Gasteiger partial charge in [-0.2, -0.15) is 0 Å². The van der Waals surface area contributed by atoms with Crippen molar-refractivity contribution < 1.29 is 9.53 Å². The number of piperidine rings is 1. The molecule has 98 valence electrons. The molecule has 2 heterocycles. The van der Waals surface area contributed by atoms with Crippen molar-refractivity contribution in [2.75, 3.05) is 26.8 Å². The molecular formula is C12H16ClN3O2. The van der Waals surface area contributed by atoms with Crippen LogP contribution in [0.1, 0.15) is 24.5 Å². The van der Waals surface area contributed by atoms with Crippen molar-refractivity contribution in [2.24, 2.45) is 0 Å². The van der Waals surface area contributed by atoms with E-state index in [1.807, 2.05) is 4.90 Å². The van der Waals surface area contributed by atoms with Crippen LogP contribution in [0.5, 0.6) is 0 Å². The predicted molar refractivity (Wildman–Crippen MR) is 67.5 cm³/mol. The Balaban J connectivity index is 2.07. The van der Waals surface area contributed by atoms with E-state index in [0.29, 0.717) is 11.7 Å². The van der Waals surface area contributed by atoms with Gasteiger partial charge in [0.2, 0.25) is 5.91 Å². The maximum absolute atomic E-state index is 11.8. The van der Waals surface area contributed by atoms with Crippen LogP contribution in [-0.4, -0.2) is 47.6 Å². The molecule has 1 amide bonds. The SMILES string of the molecule is COCC(=O)N1CCC[C@@H](c2nccnc2Cl)C1. The summed E-state index contributed by atoms with van der Waals surface area (Å²) in [6.07, 6.45) is 5.14. The molecule has 18 heavy (non-hydrogen) atoms. The summed E-state index contributed by atoms with van der Waals surface area (Å²) in [6.45, 7) is 1.54. The zero-order chi connectivity index (χ0) is 13.0. The van der Waals surface area contributed by atoms with Crippen molar-refractivity contribution in [3.8, 4) is 0 Å². The van der Waals surface area contributed by atoms with Crippen LogP contribution in [0.2, 0.25) is 5.15 Å². The van der Waals surface area contributed by atoms with E-state index in [0.717, 1.165) is 25.1 Å². The van der Waals surface area contributed by atoms with Gasteiger partial charge in [0.15, 0.2) is 5.15 Å². The molecule has 0 unspecified atom stereocenters. The van der Waals surface area contributed by atoms with E-state index in [9.17, 15) is 4.79 Å². The number of carbonyl (C=O) groups excluding carboxylic acids is 1. The van der Waals surface area contributed by atoms with Gasteiger partial charge in [-0.05, 0) is 12.8 Å². The Hall–Kier alpha value is -1.20. The normalized spacial score (nSPS) is 19.9. The number of halogens is 1. The molecule has 1 aromatic heterocycles. The lowest BCUT2D eigenvalue weighted by Gasteiger charge is -2.32. The Morgan fingerprint density at radius 2 is 2.33 bits per heavy atom. The number of methoxy groups -OCH3 is 1. The monoisotopic (exact) mass is 269 g/mol.